The van der Waals surface area contributed by atoms with E-state index in [1.54, 1.807) is 12.3 Å². The van der Waals surface area contributed by atoms with Gasteiger partial charge >= 0.3 is 0 Å². The van der Waals surface area contributed by atoms with E-state index in [2.05, 4.69) is 9.71 Å². The highest BCUT2D eigenvalue weighted by atomic mass is 32.2. The molecule has 1 aromatic rings. The third-order valence-corrected chi connectivity index (χ3v) is 2.51. The van der Waals surface area contributed by atoms with Crippen LogP contribution >= 0.6 is 0 Å². The first kappa shape index (κ1) is 12.0. The number of anilines is 1. The Labute approximate surface area is 90.8 Å². The van der Waals surface area contributed by atoms with Crippen molar-refractivity contribution in [3.63, 3.8) is 0 Å². The summed E-state index contributed by atoms with van der Waals surface area (Å²) in [6.45, 7) is 6.15. The van der Waals surface area contributed by atoms with Gasteiger partial charge in [-0.15, -0.1) is 0 Å². The van der Waals surface area contributed by atoms with Crippen molar-refractivity contribution in [2.45, 2.75) is 26.2 Å². The Morgan fingerprint density at radius 2 is 1.87 bits per heavy atom. The molecular weight excluding hydrogens is 212 g/mol. The van der Waals surface area contributed by atoms with Crippen LogP contribution in [0.2, 0.25) is 0 Å². The molecule has 0 saturated carbocycles. The van der Waals surface area contributed by atoms with Gasteiger partial charge in [-0.3, -0.25) is 9.71 Å². The van der Waals surface area contributed by atoms with Crippen molar-refractivity contribution < 1.29 is 8.42 Å². The van der Waals surface area contributed by atoms with Gasteiger partial charge in [-0.25, -0.2) is 8.42 Å². The largest absolute Gasteiger partial charge is 0.282 e. The first-order valence-corrected chi connectivity index (χ1v) is 6.51. The number of nitrogens with one attached hydrogen (secondary N) is 1. The molecule has 0 aliphatic rings. The van der Waals surface area contributed by atoms with Crippen LogP contribution in [0.1, 0.15) is 26.3 Å². The Morgan fingerprint density at radius 1 is 1.27 bits per heavy atom. The Morgan fingerprint density at radius 3 is 2.33 bits per heavy atom. The lowest BCUT2D eigenvalue weighted by atomic mass is 9.88. The van der Waals surface area contributed by atoms with Gasteiger partial charge in [-0.1, -0.05) is 20.8 Å². The highest BCUT2D eigenvalue weighted by Gasteiger charge is 2.14. The first-order chi connectivity index (χ1) is 6.68. The summed E-state index contributed by atoms with van der Waals surface area (Å²) in [4.78, 5) is 4.01. The van der Waals surface area contributed by atoms with E-state index in [0.717, 1.165) is 11.8 Å². The fraction of sp³-hybridized carbons (Fsp3) is 0.500. The van der Waals surface area contributed by atoms with E-state index in [0.29, 0.717) is 5.69 Å². The average Bonchev–Trinajstić information content (AvgIpc) is 1.99. The molecule has 84 valence electrons. The summed E-state index contributed by atoms with van der Waals surface area (Å²) in [5.41, 5.74) is 1.46. The van der Waals surface area contributed by atoms with Gasteiger partial charge in [0.2, 0.25) is 10.0 Å². The summed E-state index contributed by atoms with van der Waals surface area (Å²) in [5, 5.41) is 0. The van der Waals surface area contributed by atoms with Crippen molar-refractivity contribution in [2.75, 3.05) is 11.0 Å². The van der Waals surface area contributed by atoms with E-state index in [-0.39, 0.29) is 5.41 Å². The van der Waals surface area contributed by atoms with E-state index >= 15 is 0 Å². The Hall–Kier alpha value is -1.10. The summed E-state index contributed by atoms with van der Waals surface area (Å²) >= 11 is 0. The molecule has 0 saturated heterocycles. The number of hydrogen-bond acceptors (Lipinski definition) is 3. The van der Waals surface area contributed by atoms with Gasteiger partial charge in [0, 0.05) is 6.20 Å². The van der Waals surface area contributed by atoms with Crippen LogP contribution in [0.25, 0.3) is 0 Å². The zero-order chi connectivity index (χ0) is 11.7. The summed E-state index contributed by atoms with van der Waals surface area (Å²) in [6.07, 6.45) is 4.36. The number of pyridine rings is 1. The predicted molar refractivity (Wildman–Crippen MR) is 61.4 cm³/mol. The molecule has 1 N–H and O–H groups in total. The maximum absolute atomic E-state index is 11.0. The minimum atomic E-state index is -3.23. The highest BCUT2D eigenvalue weighted by molar-refractivity contribution is 7.92. The normalized spacial score (nSPS) is 12.5. The summed E-state index contributed by atoms with van der Waals surface area (Å²) in [7, 11) is -3.23. The van der Waals surface area contributed by atoms with E-state index in [1.807, 2.05) is 20.8 Å². The molecule has 0 unspecified atom stereocenters. The lowest BCUT2D eigenvalue weighted by Crippen LogP contribution is -2.14. The van der Waals surface area contributed by atoms with Crippen LogP contribution in [-0.2, 0) is 15.4 Å². The zero-order valence-corrected chi connectivity index (χ0v) is 10.2. The number of sulfonamides is 1. The molecule has 1 rings (SSSR count). The lowest BCUT2D eigenvalue weighted by molar-refractivity contribution is 0.587. The predicted octanol–water partition coefficient (Wildman–Crippen LogP) is 1.75. The summed E-state index contributed by atoms with van der Waals surface area (Å²) in [5.74, 6) is 0. The molecule has 0 radical (unpaired) electrons. The molecule has 0 spiro atoms. The standard InChI is InChI=1S/C10H16N2O2S/c1-10(2,3)8-5-9(7-11-6-8)12-15(4,13)14/h5-7,12H,1-4H3. The number of rotatable bonds is 2. The Bertz CT molecular complexity index is 447. The molecule has 0 aliphatic heterocycles. The van der Waals surface area contributed by atoms with Gasteiger partial charge in [-0.05, 0) is 17.0 Å². The molecule has 0 fully saturated rings. The molecule has 0 aromatic carbocycles. The summed E-state index contributed by atoms with van der Waals surface area (Å²) < 4.78 is 24.4. The molecule has 4 nitrogen and oxygen atoms in total. The highest BCUT2D eigenvalue weighted by Crippen LogP contribution is 2.23. The molecule has 1 aromatic heterocycles. The minimum absolute atomic E-state index is 0.0395. The topological polar surface area (TPSA) is 59.1 Å². The van der Waals surface area contributed by atoms with Crippen LogP contribution in [-0.4, -0.2) is 19.7 Å². The molecule has 0 atom stereocenters. The third-order valence-electron chi connectivity index (χ3n) is 1.91. The third kappa shape index (κ3) is 3.87. The SMILES string of the molecule is CC(C)(C)c1cncc(NS(C)(=O)=O)c1. The number of aromatic nitrogens is 1. The monoisotopic (exact) mass is 228 g/mol. The molecule has 0 amide bonds. The fourth-order valence-corrected chi connectivity index (χ4v) is 1.66. The second-order valence-corrected chi connectivity index (χ2v) is 6.33. The zero-order valence-electron chi connectivity index (χ0n) is 9.40. The van der Waals surface area contributed by atoms with Gasteiger partial charge in [-0.2, -0.15) is 0 Å². The average molecular weight is 228 g/mol. The van der Waals surface area contributed by atoms with Gasteiger partial charge in [0.05, 0.1) is 18.1 Å². The van der Waals surface area contributed by atoms with Crippen LogP contribution in [0.15, 0.2) is 18.5 Å². The van der Waals surface area contributed by atoms with Crippen molar-refractivity contribution in [3.05, 3.63) is 24.0 Å². The van der Waals surface area contributed by atoms with E-state index < -0.39 is 10.0 Å². The molecule has 0 aliphatic carbocycles. The molecule has 15 heavy (non-hydrogen) atoms. The van der Waals surface area contributed by atoms with Gasteiger partial charge in [0.1, 0.15) is 0 Å². The van der Waals surface area contributed by atoms with Crippen molar-refractivity contribution in [3.8, 4) is 0 Å². The van der Waals surface area contributed by atoms with E-state index in [4.69, 9.17) is 0 Å². The second kappa shape index (κ2) is 3.81. The minimum Gasteiger partial charge on any atom is -0.282 e. The Balaban J connectivity index is 3.04. The quantitative estimate of drug-likeness (QED) is 0.839. The molecular formula is C10H16N2O2S. The first-order valence-electron chi connectivity index (χ1n) is 4.62. The maximum Gasteiger partial charge on any atom is 0.229 e. The van der Waals surface area contributed by atoms with Crippen LogP contribution in [0, 0.1) is 0 Å². The van der Waals surface area contributed by atoms with Crippen molar-refractivity contribution >= 4 is 15.7 Å². The smallest absolute Gasteiger partial charge is 0.229 e. The summed E-state index contributed by atoms with van der Waals surface area (Å²) in [6, 6.07) is 1.80. The number of hydrogen-bond donors (Lipinski definition) is 1. The maximum atomic E-state index is 11.0. The van der Waals surface area contributed by atoms with Crippen LogP contribution in [0.5, 0.6) is 0 Å². The fourth-order valence-electron chi connectivity index (χ4n) is 1.12. The lowest BCUT2D eigenvalue weighted by Gasteiger charge is -2.19. The van der Waals surface area contributed by atoms with Crippen LogP contribution in [0.4, 0.5) is 5.69 Å². The molecule has 0 bridgehead atoms. The molecule has 5 heteroatoms. The van der Waals surface area contributed by atoms with Crippen molar-refractivity contribution in [1.29, 1.82) is 0 Å². The van der Waals surface area contributed by atoms with Gasteiger partial charge < -0.3 is 0 Å². The van der Waals surface area contributed by atoms with Gasteiger partial charge in [0.25, 0.3) is 0 Å². The van der Waals surface area contributed by atoms with E-state index in [9.17, 15) is 8.42 Å². The Kier molecular flexibility index (Phi) is 3.04. The van der Waals surface area contributed by atoms with Gasteiger partial charge in [0.15, 0.2) is 0 Å². The molecule has 1 heterocycles. The van der Waals surface area contributed by atoms with Crippen LogP contribution < -0.4 is 4.72 Å². The van der Waals surface area contributed by atoms with Crippen molar-refractivity contribution in [2.24, 2.45) is 0 Å². The van der Waals surface area contributed by atoms with Crippen molar-refractivity contribution in [1.82, 2.24) is 4.98 Å². The van der Waals surface area contributed by atoms with E-state index in [1.165, 1.54) is 6.20 Å². The van der Waals surface area contributed by atoms with Crippen LogP contribution in [0.3, 0.4) is 0 Å². The number of nitrogens with zero attached hydrogens (tertiary/aromatic N) is 1. The second-order valence-electron chi connectivity index (χ2n) is 4.59.